The molecule has 0 spiro atoms. The third-order valence-electron chi connectivity index (χ3n) is 4.11. The van der Waals surface area contributed by atoms with Gasteiger partial charge in [-0.3, -0.25) is 14.4 Å². The lowest BCUT2D eigenvalue weighted by Crippen LogP contribution is -2.46. The summed E-state index contributed by atoms with van der Waals surface area (Å²) in [5, 5.41) is 11.4. The van der Waals surface area contributed by atoms with Crippen molar-refractivity contribution in [3.05, 3.63) is 0 Å². The van der Waals surface area contributed by atoms with E-state index in [9.17, 15) is 14.4 Å². The molecular weight excluding hydrogens is 336 g/mol. The van der Waals surface area contributed by atoms with Crippen LogP contribution in [0.5, 0.6) is 0 Å². The number of likely N-dealkylation sites (N-methyl/N-ethyl adjacent to an activating group) is 1. The summed E-state index contributed by atoms with van der Waals surface area (Å²) in [5.74, 6) is -0.993. The Morgan fingerprint density at radius 2 is 1.58 bits per heavy atom. The molecule has 0 saturated heterocycles. The fourth-order valence-corrected chi connectivity index (χ4v) is 2.52. The molecule has 0 rings (SSSR count). The monoisotopic (exact) mass is 372 g/mol. The largest absolute Gasteiger partial charge is 0.368 e. The third-order valence-corrected chi connectivity index (χ3v) is 4.11. The summed E-state index contributed by atoms with van der Waals surface area (Å²) in [6.07, 6.45) is 4.74. The zero-order chi connectivity index (χ0) is 19.8. The van der Waals surface area contributed by atoms with E-state index in [0.717, 1.165) is 38.6 Å². The van der Waals surface area contributed by atoms with Gasteiger partial charge in [0.1, 0.15) is 6.04 Å². The van der Waals surface area contributed by atoms with Gasteiger partial charge in [0.15, 0.2) is 0 Å². The Kier molecular flexibility index (Phi) is 14.5. The Labute approximate surface area is 156 Å². The summed E-state index contributed by atoms with van der Waals surface area (Å²) in [7, 11) is 3.64. The maximum atomic E-state index is 12.1. The van der Waals surface area contributed by atoms with Crippen molar-refractivity contribution in [3.8, 4) is 0 Å². The molecule has 0 heterocycles. The van der Waals surface area contributed by atoms with E-state index >= 15 is 0 Å². The number of nitrogens with one attached hydrogen (secondary N) is 4. The molecule has 2 atom stereocenters. The number of nitrogens with two attached hydrogens (primary N) is 2. The van der Waals surface area contributed by atoms with Gasteiger partial charge in [-0.15, -0.1) is 0 Å². The highest BCUT2D eigenvalue weighted by Gasteiger charge is 2.18. The number of carbonyl (C=O) groups is 3. The van der Waals surface area contributed by atoms with Crippen LogP contribution in [0.4, 0.5) is 0 Å². The Morgan fingerprint density at radius 3 is 2.15 bits per heavy atom. The summed E-state index contributed by atoms with van der Waals surface area (Å²) in [6.45, 7) is 1.67. The summed E-state index contributed by atoms with van der Waals surface area (Å²) in [4.78, 5) is 35.4. The van der Waals surface area contributed by atoms with Gasteiger partial charge < -0.3 is 32.7 Å². The summed E-state index contributed by atoms with van der Waals surface area (Å²) < 4.78 is 0. The van der Waals surface area contributed by atoms with E-state index in [2.05, 4.69) is 21.3 Å². The molecule has 8 N–H and O–H groups in total. The van der Waals surface area contributed by atoms with Gasteiger partial charge in [-0.2, -0.15) is 0 Å². The average Bonchev–Trinajstić information content (AvgIpc) is 2.60. The van der Waals surface area contributed by atoms with Crippen LogP contribution in [0.2, 0.25) is 0 Å². The number of amides is 3. The molecule has 9 nitrogen and oxygen atoms in total. The van der Waals surface area contributed by atoms with E-state index < -0.39 is 11.9 Å². The van der Waals surface area contributed by atoms with Crippen molar-refractivity contribution in [2.24, 2.45) is 11.5 Å². The van der Waals surface area contributed by atoms with Crippen LogP contribution in [0.15, 0.2) is 0 Å². The van der Waals surface area contributed by atoms with E-state index in [0.29, 0.717) is 13.0 Å². The maximum absolute atomic E-state index is 12.1. The molecular formula is C17H36N6O3. The van der Waals surface area contributed by atoms with Crippen molar-refractivity contribution in [2.75, 3.05) is 33.7 Å². The van der Waals surface area contributed by atoms with E-state index in [-0.39, 0.29) is 30.8 Å². The topological polar surface area (TPSA) is 151 Å². The van der Waals surface area contributed by atoms with Crippen LogP contribution in [-0.4, -0.2) is 63.5 Å². The molecule has 3 amide bonds. The number of rotatable bonds is 16. The summed E-state index contributed by atoms with van der Waals surface area (Å²) >= 11 is 0. The van der Waals surface area contributed by atoms with Crippen molar-refractivity contribution in [1.82, 2.24) is 21.3 Å². The minimum atomic E-state index is -0.693. The molecule has 0 radical (unpaired) electrons. The van der Waals surface area contributed by atoms with Crippen molar-refractivity contribution >= 4 is 17.7 Å². The Hall–Kier alpha value is -1.71. The van der Waals surface area contributed by atoms with Gasteiger partial charge in [0.05, 0.1) is 6.04 Å². The lowest BCUT2D eigenvalue weighted by atomic mass is 10.1. The predicted octanol–water partition coefficient (Wildman–Crippen LogP) is -1.43. The van der Waals surface area contributed by atoms with Crippen molar-refractivity contribution in [3.63, 3.8) is 0 Å². The fraction of sp³-hybridized carbons (Fsp3) is 0.824. The quantitative estimate of drug-likeness (QED) is 0.183. The van der Waals surface area contributed by atoms with Gasteiger partial charge in [0.25, 0.3) is 0 Å². The van der Waals surface area contributed by atoms with Crippen molar-refractivity contribution in [1.29, 1.82) is 0 Å². The number of unbranched alkanes of at least 4 members (excludes halogenated alkanes) is 2. The normalized spacial score (nSPS) is 13.0. The molecule has 0 aromatic heterocycles. The fourth-order valence-electron chi connectivity index (χ4n) is 2.52. The molecule has 0 aliphatic heterocycles. The van der Waals surface area contributed by atoms with Crippen molar-refractivity contribution in [2.45, 2.75) is 57.0 Å². The molecule has 0 bridgehead atoms. The highest BCUT2D eigenvalue weighted by molar-refractivity contribution is 5.87. The first kappa shape index (κ1) is 24.3. The van der Waals surface area contributed by atoms with Crippen LogP contribution in [0.1, 0.15) is 44.9 Å². The summed E-state index contributed by atoms with van der Waals surface area (Å²) in [6, 6.07) is -0.966. The molecule has 0 unspecified atom stereocenters. The van der Waals surface area contributed by atoms with E-state index in [1.165, 1.54) is 0 Å². The number of hydrogen-bond acceptors (Lipinski definition) is 6. The van der Waals surface area contributed by atoms with E-state index in [1.54, 1.807) is 7.05 Å². The van der Waals surface area contributed by atoms with Gasteiger partial charge >= 0.3 is 0 Å². The van der Waals surface area contributed by atoms with E-state index in [4.69, 9.17) is 11.5 Å². The van der Waals surface area contributed by atoms with Gasteiger partial charge in [-0.25, -0.2) is 0 Å². The van der Waals surface area contributed by atoms with Gasteiger partial charge in [0, 0.05) is 13.0 Å². The highest BCUT2D eigenvalue weighted by atomic mass is 16.2. The first-order valence-electron chi connectivity index (χ1n) is 9.34. The molecule has 26 heavy (non-hydrogen) atoms. The Bertz CT molecular complexity index is 419. The number of hydrogen-bond donors (Lipinski definition) is 6. The molecule has 0 aromatic rings. The predicted molar refractivity (Wildman–Crippen MR) is 102 cm³/mol. The number of primary amides is 1. The van der Waals surface area contributed by atoms with Crippen LogP contribution >= 0.6 is 0 Å². The van der Waals surface area contributed by atoms with E-state index in [1.807, 2.05) is 7.05 Å². The zero-order valence-electron chi connectivity index (χ0n) is 16.1. The highest BCUT2D eigenvalue weighted by Crippen LogP contribution is 2.02. The second-order valence-corrected chi connectivity index (χ2v) is 6.29. The first-order valence-corrected chi connectivity index (χ1v) is 9.34. The zero-order valence-corrected chi connectivity index (χ0v) is 16.1. The lowest BCUT2D eigenvalue weighted by Gasteiger charge is -2.17. The van der Waals surface area contributed by atoms with Crippen LogP contribution in [0, 0.1) is 0 Å². The molecule has 9 heteroatoms. The standard InChI is InChI=1S/C17H36N6O3/c1-20-11-6-4-8-14(21-2)17(26)22-12-9-15(24)23-13(16(19)25)7-3-5-10-18/h13-14,20-21H,3-12,18H2,1-2H3,(H2,19,25)(H,22,26)(H,23,24)/t13-,14-/m0/s1. The molecule has 0 aliphatic rings. The smallest absolute Gasteiger partial charge is 0.239 e. The Morgan fingerprint density at radius 1 is 0.923 bits per heavy atom. The van der Waals surface area contributed by atoms with Gasteiger partial charge in [0.2, 0.25) is 17.7 Å². The third kappa shape index (κ3) is 11.8. The molecule has 0 saturated carbocycles. The second kappa shape index (κ2) is 15.5. The van der Waals surface area contributed by atoms with Crippen molar-refractivity contribution < 1.29 is 14.4 Å². The van der Waals surface area contributed by atoms with Crippen LogP contribution in [-0.2, 0) is 14.4 Å². The molecule has 0 aromatic carbocycles. The number of carbonyl (C=O) groups excluding carboxylic acids is 3. The second-order valence-electron chi connectivity index (χ2n) is 6.29. The Balaban J connectivity index is 4.12. The van der Waals surface area contributed by atoms with Gasteiger partial charge in [-0.1, -0.05) is 6.42 Å². The average molecular weight is 373 g/mol. The van der Waals surface area contributed by atoms with Crippen LogP contribution in [0.25, 0.3) is 0 Å². The maximum Gasteiger partial charge on any atom is 0.239 e. The first-order chi connectivity index (χ1) is 12.5. The van der Waals surface area contributed by atoms with Crippen LogP contribution in [0.3, 0.4) is 0 Å². The molecule has 152 valence electrons. The van der Waals surface area contributed by atoms with Crippen LogP contribution < -0.4 is 32.7 Å². The lowest BCUT2D eigenvalue weighted by molar-refractivity contribution is -0.128. The SMILES string of the molecule is CNCCCC[C@H](NC)C(=O)NCCC(=O)N[C@@H](CCCCN)C(N)=O. The van der Waals surface area contributed by atoms with Gasteiger partial charge in [-0.05, 0) is 59.3 Å². The minimum Gasteiger partial charge on any atom is -0.368 e. The minimum absolute atomic E-state index is 0.0998. The molecule has 0 fully saturated rings. The summed E-state index contributed by atoms with van der Waals surface area (Å²) in [5.41, 5.74) is 10.7. The molecule has 0 aliphatic carbocycles.